The number of methoxy groups -OCH3 is 1. The number of carbonyl (C=O) groups excluding carboxylic acids is 1. The number of fused-ring (bicyclic) bond motifs is 1. The van der Waals surface area contributed by atoms with Crippen LogP contribution in [0.2, 0.25) is 0 Å². The van der Waals surface area contributed by atoms with Crippen molar-refractivity contribution in [3.63, 3.8) is 0 Å². The van der Waals surface area contributed by atoms with Gasteiger partial charge in [-0.2, -0.15) is 0 Å². The van der Waals surface area contributed by atoms with E-state index >= 15 is 0 Å². The smallest absolute Gasteiger partial charge is 0.246 e. The zero-order chi connectivity index (χ0) is 16.0. The first kappa shape index (κ1) is 13.8. The van der Waals surface area contributed by atoms with Crippen molar-refractivity contribution in [3.05, 3.63) is 30.7 Å². The van der Waals surface area contributed by atoms with Crippen molar-refractivity contribution in [2.45, 2.75) is 25.8 Å². The first-order valence-corrected chi connectivity index (χ1v) is 7.54. The molecule has 0 bridgehead atoms. The molecule has 1 saturated carbocycles. The van der Waals surface area contributed by atoms with Crippen LogP contribution in [0.4, 0.5) is 11.6 Å². The molecule has 1 aliphatic rings. The third kappa shape index (κ3) is 2.44. The van der Waals surface area contributed by atoms with Crippen LogP contribution in [-0.2, 0) is 0 Å². The van der Waals surface area contributed by atoms with Crippen LogP contribution in [0.3, 0.4) is 0 Å². The summed E-state index contributed by atoms with van der Waals surface area (Å²) in [5.41, 5.74) is 1.57. The van der Waals surface area contributed by atoms with Crippen molar-refractivity contribution >= 4 is 28.4 Å². The number of aromatic nitrogens is 4. The number of ether oxygens (including phenoxy) is 1. The van der Waals surface area contributed by atoms with Gasteiger partial charge < -0.3 is 10.1 Å². The molecule has 0 unspecified atom stereocenters. The van der Waals surface area contributed by atoms with E-state index in [0.717, 1.165) is 29.4 Å². The number of rotatable bonds is 4. The minimum Gasteiger partial charge on any atom is -0.496 e. The molecular weight excluding hydrogens is 294 g/mol. The molecule has 2 aromatic heterocycles. The van der Waals surface area contributed by atoms with Gasteiger partial charge in [0.1, 0.15) is 12.1 Å². The number of nitrogens with one attached hydrogen (secondary N) is 1. The molecule has 1 fully saturated rings. The summed E-state index contributed by atoms with van der Waals surface area (Å²) in [6, 6.07) is 6.14. The molecule has 0 atom stereocenters. The van der Waals surface area contributed by atoms with E-state index in [-0.39, 0.29) is 5.91 Å². The summed E-state index contributed by atoms with van der Waals surface area (Å²) in [5, 5.41) is 8.50. The van der Waals surface area contributed by atoms with Gasteiger partial charge in [0.25, 0.3) is 0 Å². The molecule has 1 aliphatic carbocycles. The lowest BCUT2D eigenvalue weighted by atomic mass is 10.2. The quantitative estimate of drug-likeness (QED) is 0.802. The van der Waals surface area contributed by atoms with Crippen LogP contribution in [0.1, 0.15) is 30.6 Å². The number of nitrogens with zero attached hydrogens (tertiary/aromatic N) is 4. The van der Waals surface area contributed by atoms with Crippen LogP contribution in [0.5, 0.6) is 5.75 Å². The topological polar surface area (TPSA) is 74.0 Å². The van der Waals surface area contributed by atoms with Gasteiger partial charge in [-0.25, -0.2) is 9.67 Å². The Kier molecular flexibility index (Phi) is 3.07. The Morgan fingerprint density at radius 1 is 1.39 bits per heavy atom. The summed E-state index contributed by atoms with van der Waals surface area (Å²) in [7, 11) is 1.61. The van der Waals surface area contributed by atoms with Crippen molar-refractivity contribution in [1.29, 1.82) is 0 Å². The second-order valence-electron chi connectivity index (χ2n) is 5.72. The molecule has 7 nitrogen and oxygen atoms in total. The summed E-state index contributed by atoms with van der Waals surface area (Å²) in [6.07, 6.45) is 5.82. The molecule has 23 heavy (non-hydrogen) atoms. The highest BCUT2D eigenvalue weighted by Crippen LogP contribution is 2.35. The lowest BCUT2D eigenvalue weighted by Gasteiger charge is -2.08. The molecular formula is C16H17N5O2. The second kappa shape index (κ2) is 5.12. The van der Waals surface area contributed by atoms with Gasteiger partial charge in [-0.05, 0) is 25.0 Å². The molecule has 2 heterocycles. The van der Waals surface area contributed by atoms with Crippen molar-refractivity contribution in [2.24, 2.45) is 0 Å². The van der Waals surface area contributed by atoms with E-state index in [1.165, 1.54) is 6.92 Å². The van der Waals surface area contributed by atoms with Gasteiger partial charge in [0, 0.05) is 30.3 Å². The first-order chi connectivity index (χ1) is 11.2. The van der Waals surface area contributed by atoms with Crippen LogP contribution in [0, 0.1) is 0 Å². The van der Waals surface area contributed by atoms with E-state index in [9.17, 15) is 4.79 Å². The fraction of sp³-hybridized carbons (Fsp3) is 0.312. The molecule has 118 valence electrons. The highest BCUT2D eigenvalue weighted by Gasteiger charge is 2.24. The number of anilines is 2. The maximum Gasteiger partial charge on any atom is 0.246 e. The van der Waals surface area contributed by atoms with Crippen molar-refractivity contribution < 1.29 is 9.53 Å². The Morgan fingerprint density at radius 2 is 2.22 bits per heavy atom. The average molecular weight is 311 g/mol. The molecule has 0 aliphatic heterocycles. The molecule has 0 radical (unpaired) electrons. The summed E-state index contributed by atoms with van der Waals surface area (Å²) in [4.78, 5) is 16.0. The highest BCUT2D eigenvalue weighted by molar-refractivity contribution is 5.96. The van der Waals surface area contributed by atoms with Gasteiger partial charge in [-0.3, -0.25) is 9.36 Å². The van der Waals surface area contributed by atoms with Crippen LogP contribution in [0.25, 0.3) is 10.9 Å². The normalized spacial score (nSPS) is 14.2. The molecule has 3 aromatic rings. The maximum atomic E-state index is 11.7. The van der Waals surface area contributed by atoms with Gasteiger partial charge >= 0.3 is 0 Å². The molecule has 7 heteroatoms. The summed E-state index contributed by atoms with van der Waals surface area (Å²) >= 11 is 0. The largest absolute Gasteiger partial charge is 0.496 e. The van der Waals surface area contributed by atoms with E-state index in [1.807, 2.05) is 22.9 Å². The number of hydrogen-bond donors (Lipinski definition) is 1. The molecule has 1 N–H and O–H groups in total. The summed E-state index contributed by atoms with van der Waals surface area (Å²) < 4.78 is 8.92. The second-order valence-corrected chi connectivity index (χ2v) is 5.72. The lowest BCUT2D eigenvalue weighted by molar-refractivity contribution is 0.0941. The number of benzene rings is 1. The predicted molar refractivity (Wildman–Crippen MR) is 86.4 cm³/mol. The summed E-state index contributed by atoms with van der Waals surface area (Å²) in [5.74, 6) is 1.20. The minimum atomic E-state index is -0.0460. The Labute approximate surface area is 132 Å². The molecule has 0 amide bonds. The predicted octanol–water partition coefficient (Wildman–Crippen LogP) is 2.98. The Morgan fingerprint density at radius 3 is 2.91 bits per heavy atom. The number of hydrogen-bond acceptors (Lipinski definition) is 5. The van der Waals surface area contributed by atoms with E-state index in [2.05, 4.69) is 15.4 Å². The van der Waals surface area contributed by atoms with Gasteiger partial charge in [0.2, 0.25) is 11.9 Å². The third-order valence-electron chi connectivity index (χ3n) is 4.01. The van der Waals surface area contributed by atoms with Crippen LogP contribution >= 0.6 is 0 Å². The van der Waals surface area contributed by atoms with Crippen LogP contribution in [0.15, 0.2) is 30.7 Å². The lowest BCUT2D eigenvalue weighted by Crippen LogP contribution is -2.04. The Hall–Kier alpha value is -2.83. The molecule has 0 saturated heterocycles. The minimum absolute atomic E-state index is 0.0460. The summed E-state index contributed by atoms with van der Waals surface area (Å²) in [6.45, 7) is 1.53. The SMILES string of the molecule is COc1cc(Nc2ncn(C3CC3)n2)cc2c1ccn2C(C)=O. The molecule has 0 spiro atoms. The standard InChI is InChI=1S/C16H17N5O2/c1-10(22)20-6-5-13-14(20)7-11(8-15(13)23-2)18-16-17-9-21(19-16)12-3-4-12/h5-9,12H,3-4H2,1-2H3,(H,18,19). The number of carbonyl (C=O) groups is 1. The zero-order valence-electron chi connectivity index (χ0n) is 13.0. The third-order valence-corrected chi connectivity index (χ3v) is 4.01. The zero-order valence-corrected chi connectivity index (χ0v) is 13.0. The Balaban J connectivity index is 1.73. The average Bonchev–Trinajstić information content (AvgIpc) is 3.12. The van der Waals surface area contributed by atoms with Gasteiger partial charge in [0.05, 0.1) is 18.7 Å². The van der Waals surface area contributed by atoms with Gasteiger partial charge in [0.15, 0.2) is 0 Å². The maximum absolute atomic E-state index is 11.7. The monoisotopic (exact) mass is 311 g/mol. The van der Waals surface area contributed by atoms with E-state index in [1.54, 1.807) is 24.2 Å². The first-order valence-electron chi connectivity index (χ1n) is 7.54. The highest BCUT2D eigenvalue weighted by atomic mass is 16.5. The Bertz CT molecular complexity index is 891. The van der Waals surface area contributed by atoms with Gasteiger partial charge in [-0.15, -0.1) is 5.10 Å². The van der Waals surface area contributed by atoms with E-state index in [0.29, 0.717) is 17.7 Å². The van der Waals surface area contributed by atoms with E-state index in [4.69, 9.17) is 4.74 Å². The fourth-order valence-corrected chi connectivity index (χ4v) is 2.70. The van der Waals surface area contributed by atoms with Gasteiger partial charge in [-0.1, -0.05) is 0 Å². The van der Waals surface area contributed by atoms with Crippen molar-refractivity contribution in [3.8, 4) is 5.75 Å². The fourth-order valence-electron chi connectivity index (χ4n) is 2.70. The van der Waals surface area contributed by atoms with E-state index < -0.39 is 0 Å². The van der Waals surface area contributed by atoms with Crippen molar-refractivity contribution in [2.75, 3.05) is 12.4 Å². The molecule has 1 aromatic carbocycles. The van der Waals surface area contributed by atoms with Crippen molar-refractivity contribution in [1.82, 2.24) is 19.3 Å². The van der Waals surface area contributed by atoms with Crippen LogP contribution in [-0.4, -0.2) is 32.3 Å². The molecule has 4 rings (SSSR count). The van der Waals surface area contributed by atoms with Crippen LogP contribution < -0.4 is 10.1 Å².